The lowest BCUT2D eigenvalue weighted by Crippen LogP contribution is -1.92. The van der Waals surface area contributed by atoms with Gasteiger partial charge in [-0.15, -0.1) is 0 Å². The number of ether oxygens (including phenoxy) is 1. The first-order valence-corrected chi connectivity index (χ1v) is 3.78. The van der Waals surface area contributed by atoms with Gasteiger partial charge < -0.3 is 10.5 Å². The maximum absolute atomic E-state index is 13.1. The zero-order valence-corrected chi connectivity index (χ0v) is 6.98. The van der Waals surface area contributed by atoms with Crippen LogP contribution in [0.15, 0.2) is 28.9 Å². The molecular weight excluding hydrogens is 189 g/mol. The van der Waals surface area contributed by atoms with E-state index in [0.717, 1.165) is 0 Å². The Labute approximate surface area is 78.2 Å². The van der Waals surface area contributed by atoms with E-state index in [1.165, 1.54) is 12.1 Å². The molecule has 0 atom stereocenters. The minimum atomic E-state index is -0.505. The molecular formula is C8H6FN3O2. The summed E-state index contributed by atoms with van der Waals surface area (Å²) in [5, 5.41) is 6.64. The lowest BCUT2D eigenvalue weighted by Gasteiger charge is -2.01. The molecule has 0 bridgehead atoms. The van der Waals surface area contributed by atoms with Crippen molar-refractivity contribution in [3.8, 4) is 11.6 Å². The van der Waals surface area contributed by atoms with Crippen LogP contribution in [0, 0.1) is 5.82 Å². The first kappa shape index (κ1) is 8.49. The molecule has 1 heterocycles. The highest BCUT2D eigenvalue weighted by Gasteiger charge is 2.10. The van der Waals surface area contributed by atoms with Crippen LogP contribution in [0.3, 0.4) is 0 Å². The summed E-state index contributed by atoms with van der Waals surface area (Å²) in [4.78, 5) is 0. The van der Waals surface area contributed by atoms with Crippen molar-refractivity contribution in [2.75, 3.05) is 5.73 Å². The Bertz CT molecular complexity index is 444. The van der Waals surface area contributed by atoms with Gasteiger partial charge in [-0.25, -0.2) is 9.02 Å². The van der Waals surface area contributed by atoms with Crippen LogP contribution in [0.1, 0.15) is 0 Å². The smallest absolute Gasteiger partial charge is 0.305 e. The Hall–Kier alpha value is -2.11. The number of nitrogen functional groups attached to an aromatic ring is 1. The fourth-order valence-corrected chi connectivity index (χ4v) is 0.890. The van der Waals surface area contributed by atoms with Gasteiger partial charge in [0.15, 0.2) is 11.6 Å². The fourth-order valence-electron chi connectivity index (χ4n) is 0.890. The van der Waals surface area contributed by atoms with Crippen molar-refractivity contribution in [1.29, 1.82) is 0 Å². The zero-order valence-electron chi connectivity index (χ0n) is 6.98. The highest BCUT2D eigenvalue weighted by Crippen LogP contribution is 2.25. The normalized spacial score (nSPS) is 10.1. The Morgan fingerprint density at radius 3 is 2.71 bits per heavy atom. The van der Waals surface area contributed by atoms with Crippen molar-refractivity contribution >= 4 is 5.82 Å². The molecule has 0 aliphatic heterocycles. The summed E-state index contributed by atoms with van der Waals surface area (Å²) >= 11 is 0. The average Bonchev–Trinajstić information content (AvgIpc) is 2.56. The second-order valence-electron chi connectivity index (χ2n) is 2.49. The average molecular weight is 195 g/mol. The molecule has 0 unspecified atom stereocenters. The molecule has 2 aromatic rings. The lowest BCUT2D eigenvalue weighted by atomic mass is 10.3. The molecule has 72 valence electrons. The molecule has 0 radical (unpaired) electrons. The molecule has 0 saturated heterocycles. The lowest BCUT2D eigenvalue weighted by molar-refractivity contribution is 0.288. The number of hydrogen-bond donors (Lipinski definition) is 1. The second-order valence-corrected chi connectivity index (χ2v) is 2.49. The van der Waals surface area contributed by atoms with Crippen molar-refractivity contribution in [2.24, 2.45) is 0 Å². The molecule has 5 nitrogen and oxygen atoms in total. The molecule has 0 spiro atoms. The zero-order chi connectivity index (χ0) is 9.97. The number of rotatable bonds is 2. The number of para-hydroxylation sites is 1. The van der Waals surface area contributed by atoms with Crippen molar-refractivity contribution < 1.29 is 13.8 Å². The number of nitrogens with two attached hydrogens (primary N) is 1. The minimum Gasteiger partial charge on any atom is -0.431 e. The number of benzene rings is 1. The van der Waals surface area contributed by atoms with Crippen molar-refractivity contribution in [1.82, 2.24) is 10.3 Å². The largest absolute Gasteiger partial charge is 0.431 e. The Kier molecular flexibility index (Phi) is 2.02. The van der Waals surface area contributed by atoms with E-state index in [0.29, 0.717) is 0 Å². The van der Waals surface area contributed by atoms with Crippen molar-refractivity contribution in [3.63, 3.8) is 0 Å². The van der Waals surface area contributed by atoms with E-state index in [4.69, 9.17) is 10.5 Å². The summed E-state index contributed by atoms with van der Waals surface area (Å²) in [7, 11) is 0. The standard InChI is InChI=1S/C8H6FN3O2/c9-5-3-1-2-4-6(5)13-8-7(10)11-14-12-8/h1-4H,(H2,10,11). The molecule has 6 heteroatoms. The molecule has 1 aromatic carbocycles. The monoisotopic (exact) mass is 195 g/mol. The van der Waals surface area contributed by atoms with Gasteiger partial charge >= 0.3 is 5.88 Å². The minimum absolute atomic E-state index is 0.0201. The fraction of sp³-hybridized carbons (Fsp3) is 0. The third-order valence-corrected chi connectivity index (χ3v) is 1.53. The summed E-state index contributed by atoms with van der Waals surface area (Å²) < 4.78 is 22.4. The maximum atomic E-state index is 13.1. The van der Waals surface area contributed by atoms with Gasteiger partial charge in [0.2, 0.25) is 5.82 Å². The Balaban J connectivity index is 2.28. The SMILES string of the molecule is Nc1nonc1Oc1ccccc1F. The van der Waals surface area contributed by atoms with E-state index < -0.39 is 5.82 Å². The van der Waals surface area contributed by atoms with E-state index in [9.17, 15) is 4.39 Å². The number of nitrogens with zero attached hydrogens (tertiary/aromatic N) is 2. The summed E-state index contributed by atoms with van der Waals surface area (Å²) in [6.07, 6.45) is 0. The van der Waals surface area contributed by atoms with Gasteiger partial charge in [0.05, 0.1) is 0 Å². The predicted octanol–water partition coefficient (Wildman–Crippen LogP) is 1.58. The van der Waals surface area contributed by atoms with Gasteiger partial charge in [-0.2, -0.15) is 0 Å². The number of aromatic nitrogens is 2. The summed E-state index contributed by atoms with van der Waals surface area (Å²) in [5.74, 6) is -0.548. The number of hydrogen-bond acceptors (Lipinski definition) is 5. The van der Waals surface area contributed by atoms with Crippen molar-refractivity contribution in [2.45, 2.75) is 0 Å². The topological polar surface area (TPSA) is 74.2 Å². The van der Waals surface area contributed by atoms with Crippen molar-refractivity contribution in [3.05, 3.63) is 30.1 Å². The molecule has 0 fully saturated rings. The van der Waals surface area contributed by atoms with E-state index in [-0.39, 0.29) is 17.4 Å². The molecule has 2 N–H and O–H groups in total. The van der Waals surface area contributed by atoms with Crippen LogP contribution in [0.25, 0.3) is 0 Å². The molecule has 14 heavy (non-hydrogen) atoms. The maximum Gasteiger partial charge on any atom is 0.305 e. The van der Waals surface area contributed by atoms with Gasteiger partial charge in [-0.3, -0.25) is 0 Å². The van der Waals surface area contributed by atoms with Crippen LogP contribution >= 0.6 is 0 Å². The third-order valence-electron chi connectivity index (χ3n) is 1.53. The molecule has 0 aliphatic carbocycles. The molecule has 0 aliphatic rings. The van der Waals surface area contributed by atoms with Crippen LogP contribution in [-0.2, 0) is 0 Å². The third kappa shape index (κ3) is 1.49. The highest BCUT2D eigenvalue weighted by molar-refractivity contribution is 5.40. The van der Waals surface area contributed by atoms with E-state index in [2.05, 4.69) is 14.9 Å². The predicted molar refractivity (Wildman–Crippen MR) is 45.2 cm³/mol. The second kappa shape index (κ2) is 3.33. The van der Waals surface area contributed by atoms with Gasteiger partial charge in [-0.1, -0.05) is 12.1 Å². The Morgan fingerprint density at radius 1 is 1.29 bits per heavy atom. The van der Waals surface area contributed by atoms with Gasteiger partial charge in [-0.05, 0) is 22.4 Å². The van der Waals surface area contributed by atoms with Crippen LogP contribution < -0.4 is 10.5 Å². The van der Waals surface area contributed by atoms with E-state index >= 15 is 0 Å². The van der Waals surface area contributed by atoms with Gasteiger partial charge in [0.1, 0.15) is 0 Å². The quantitative estimate of drug-likeness (QED) is 0.787. The van der Waals surface area contributed by atoms with Gasteiger partial charge in [0, 0.05) is 0 Å². The Morgan fingerprint density at radius 2 is 2.07 bits per heavy atom. The highest BCUT2D eigenvalue weighted by atomic mass is 19.1. The first-order valence-electron chi connectivity index (χ1n) is 3.78. The number of anilines is 1. The van der Waals surface area contributed by atoms with Gasteiger partial charge in [0.25, 0.3) is 0 Å². The van der Waals surface area contributed by atoms with Crippen LogP contribution in [0.2, 0.25) is 0 Å². The molecule has 2 rings (SSSR count). The summed E-state index contributed by atoms with van der Waals surface area (Å²) in [6.45, 7) is 0. The number of halogens is 1. The van der Waals surface area contributed by atoms with Crippen LogP contribution in [-0.4, -0.2) is 10.3 Å². The van der Waals surface area contributed by atoms with E-state index in [1.807, 2.05) is 0 Å². The molecule has 0 amide bonds. The summed E-state index contributed by atoms with van der Waals surface area (Å²) in [5.41, 5.74) is 5.32. The van der Waals surface area contributed by atoms with Crippen LogP contribution in [0.5, 0.6) is 11.6 Å². The van der Waals surface area contributed by atoms with E-state index in [1.54, 1.807) is 12.1 Å². The molecule has 1 aromatic heterocycles. The van der Waals surface area contributed by atoms with Crippen LogP contribution in [0.4, 0.5) is 10.2 Å². The summed E-state index contributed by atoms with van der Waals surface area (Å²) in [6, 6.07) is 5.89. The first-order chi connectivity index (χ1) is 6.77. The molecule has 0 saturated carbocycles.